The lowest BCUT2D eigenvalue weighted by atomic mass is 10.1. The molecule has 22 heavy (non-hydrogen) atoms. The van der Waals surface area contributed by atoms with Gasteiger partial charge >= 0.3 is 6.18 Å². The van der Waals surface area contributed by atoms with E-state index in [0.717, 1.165) is 6.20 Å². The third-order valence-electron chi connectivity index (χ3n) is 2.90. The number of alkyl halides is 4. The van der Waals surface area contributed by atoms with Crippen LogP contribution in [0.1, 0.15) is 23.9 Å². The summed E-state index contributed by atoms with van der Waals surface area (Å²) in [5, 5.41) is -1.78. The predicted molar refractivity (Wildman–Crippen MR) is 76.3 cm³/mol. The number of aromatic nitrogens is 3. The van der Waals surface area contributed by atoms with Gasteiger partial charge in [-0.1, -0.05) is 9.24 Å². The quantitative estimate of drug-likeness (QED) is 0.693. The maximum Gasteiger partial charge on any atom is 0.418 e. The molecular weight excluding hydrogens is 319 g/mol. The van der Waals surface area contributed by atoms with Gasteiger partial charge in [0, 0.05) is 30.7 Å². The van der Waals surface area contributed by atoms with Crippen molar-refractivity contribution < 1.29 is 17.6 Å². The SMILES string of the molecule is CC(F)(P)c1ncc(-c2cc(CN)c(C(F)(F)F)cn2)cn1. The molecule has 2 aromatic heterocycles. The first-order chi connectivity index (χ1) is 10.1. The minimum absolute atomic E-state index is 0.0489. The van der Waals surface area contributed by atoms with Crippen LogP contribution in [0.5, 0.6) is 0 Å². The van der Waals surface area contributed by atoms with Gasteiger partial charge in [-0.3, -0.25) is 4.98 Å². The summed E-state index contributed by atoms with van der Waals surface area (Å²) in [6.45, 7) is 0.993. The monoisotopic (exact) mass is 332 g/mol. The van der Waals surface area contributed by atoms with E-state index in [1.165, 1.54) is 25.4 Å². The Labute approximate surface area is 126 Å². The molecule has 118 valence electrons. The lowest BCUT2D eigenvalue weighted by Gasteiger charge is -2.14. The van der Waals surface area contributed by atoms with Crippen LogP contribution in [0.15, 0.2) is 24.7 Å². The molecule has 2 unspecified atom stereocenters. The van der Waals surface area contributed by atoms with E-state index in [2.05, 4.69) is 15.0 Å². The van der Waals surface area contributed by atoms with Crippen molar-refractivity contribution in [1.29, 1.82) is 0 Å². The molecule has 9 heteroatoms. The van der Waals surface area contributed by atoms with Crippen LogP contribution in [0.3, 0.4) is 0 Å². The van der Waals surface area contributed by atoms with Crippen LogP contribution < -0.4 is 5.73 Å². The average molecular weight is 332 g/mol. The first kappa shape index (κ1) is 16.7. The normalized spacial score (nSPS) is 14.7. The molecule has 0 aromatic carbocycles. The standard InChI is InChI=1S/C13H13F4N4P/c1-12(14,22)11-20-4-8(5-21-11)10-2-7(3-18)9(6-19-10)13(15,16)17/h2,4-6H,3,18,22H2,1H3. The van der Waals surface area contributed by atoms with Crippen molar-refractivity contribution in [2.24, 2.45) is 5.73 Å². The van der Waals surface area contributed by atoms with Crippen LogP contribution >= 0.6 is 9.24 Å². The van der Waals surface area contributed by atoms with Gasteiger partial charge in [0.25, 0.3) is 0 Å². The second kappa shape index (κ2) is 5.85. The van der Waals surface area contributed by atoms with Gasteiger partial charge in [0.2, 0.25) is 0 Å². The van der Waals surface area contributed by atoms with E-state index < -0.39 is 17.1 Å². The predicted octanol–water partition coefficient (Wildman–Crippen LogP) is 3.03. The molecule has 2 N–H and O–H groups in total. The molecule has 0 spiro atoms. The third kappa shape index (κ3) is 3.56. The van der Waals surface area contributed by atoms with Crippen molar-refractivity contribution >= 4 is 9.24 Å². The number of halogens is 4. The second-order valence-electron chi connectivity index (χ2n) is 4.80. The van der Waals surface area contributed by atoms with Crippen molar-refractivity contribution in [3.8, 4) is 11.3 Å². The van der Waals surface area contributed by atoms with Gasteiger partial charge < -0.3 is 5.73 Å². The van der Waals surface area contributed by atoms with Gasteiger partial charge in [0.15, 0.2) is 11.2 Å². The first-order valence-electron chi connectivity index (χ1n) is 6.20. The van der Waals surface area contributed by atoms with Crippen LogP contribution in [0, 0.1) is 0 Å². The molecule has 0 aliphatic carbocycles. The van der Waals surface area contributed by atoms with E-state index in [1.807, 2.05) is 9.24 Å². The molecule has 0 bridgehead atoms. The molecule has 0 saturated heterocycles. The minimum Gasteiger partial charge on any atom is -0.326 e. The lowest BCUT2D eigenvalue weighted by Crippen LogP contribution is -2.13. The molecule has 0 aliphatic rings. The molecule has 0 fully saturated rings. The van der Waals surface area contributed by atoms with Crippen LogP contribution in [0.4, 0.5) is 17.6 Å². The average Bonchev–Trinajstić information content (AvgIpc) is 2.45. The number of hydrogen-bond acceptors (Lipinski definition) is 4. The van der Waals surface area contributed by atoms with Gasteiger partial charge in [-0.25, -0.2) is 14.4 Å². The zero-order valence-electron chi connectivity index (χ0n) is 11.5. The molecule has 0 aliphatic heterocycles. The van der Waals surface area contributed by atoms with E-state index >= 15 is 0 Å². The molecular formula is C13H13F4N4P. The Morgan fingerprint density at radius 3 is 2.14 bits per heavy atom. The fraction of sp³-hybridized carbons (Fsp3) is 0.308. The molecule has 2 heterocycles. The van der Waals surface area contributed by atoms with Crippen molar-refractivity contribution in [3.05, 3.63) is 41.6 Å². The highest BCUT2D eigenvalue weighted by Crippen LogP contribution is 2.33. The van der Waals surface area contributed by atoms with Crippen LogP contribution in [-0.4, -0.2) is 15.0 Å². The molecule has 0 radical (unpaired) electrons. The zero-order chi connectivity index (χ0) is 16.5. The lowest BCUT2D eigenvalue weighted by molar-refractivity contribution is -0.138. The van der Waals surface area contributed by atoms with E-state index in [-0.39, 0.29) is 23.6 Å². The summed E-state index contributed by atoms with van der Waals surface area (Å²) < 4.78 is 52.0. The first-order valence-corrected chi connectivity index (χ1v) is 6.77. The number of nitrogens with zero attached hydrogens (tertiary/aromatic N) is 3. The Morgan fingerprint density at radius 1 is 1.09 bits per heavy atom. The third-order valence-corrected chi connectivity index (χ3v) is 3.16. The van der Waals surface area contributed by atoms with E-state index in [1.54, 1.807) is 0 Å². The summed E-state index contributed by atoms with van der Waals surface area (Å²) in [4.78, 5) is 11.5. The maximum absolute atomic E-state index is 13.6. The van der Waals surface area contributed by atoms with Crippen molar-refractivity contribution in [2.75, 3.05) is 0 Å². The Bertz CT molecular complexity index is 665. The largest absolute Gasteiger partial charge is 0.418 e. The summed E-state index contributed by atoms with van der Waals surface area (Å²) in [5.74, 6) is -0.0489. The molecule has 2 rings (SSSR count). The van der Waals surface area contributed by atoms with Crippen molar-refractivity contribution in [2.45, 2.75) is 25.1 Å². The highest BCUT2D eigenvalue weighted by molar-refractivity contribution is 7.18. The minimum atomic E-state index is -4.52. The number of nitrogens with two attached hydrogens (primary N) is 1. The Hall–Kier alpha value is -1.66. The summed E-state index contributed by atoms with van der Waals surface area (Å²) in [6.07, 6.45) is -1.18. The fourth-order valence-electron chi connectivity index (χ4n) is 1.79. The van der Waals surface area contributed by atoms with Gasteiger partial charge in [0.1, 0.15) is 0 Å². The van der Waals surface area contributed by atoms with Crippen molar-refractivity contribution in [3.63, 3.8) is 0 Å². The van der Waals surface area contributed by atoms with Gasteiger partial charge in [-0.05, 0) is 18.6 Å². The summed E-state index contributed by atoms with van der Waals surface area (Å²) in [5.41, 5.74) is 5.02. The smallest absolute Gasteiger partial charge is 0.326 e. The van der Waals surface area contributed by atoms with Gasteiger partial charge in [-0.2, -0.15) is 13.2 Å². The van der Waals surface area contributed by atoms with E-state index in [9.17, 15) is 17.6 Å². The van der Waals surface area contributed by atoms with E-state index in [4.69, 9.17) is 5.73 Å². The van der Waals surface area contributed by atoms with Crippen LogP contribution in [-0.2, 0) is 18.1 Å². The molecule has 0 amide bonds. The van der Waals surface area contributed by atoms with Crippen LogP contribution in [0.2, 0.25) is 0 Å². The number of rotatable bonds is 3. The summed E-state index contributed by atoms with van der Waals surface area (Å²) in [6, 6.07) is 1.23. The zero-order valence-corrected chi connectivity index (χ0v) is 12.7. The Balaban J connectivity index is 2.42. The number of pyridine rings is 1. The van der Waals surface area contributed by atoms with Gasteiger partial charge in [-0.15, -0.1) is 0 Å². The maximum atomic E-state index is 13.6. The topological polar surface area (TPSA) is 64.7 Å². The Kier molecular flexibility index (Phi) is 4.44. The molecule has 2 atom stereocenters. The highest BCUT2D eigenvalue weighted by atomic mass is 31.0. The molecule has 4 nitrogen and oxygen atoms in total. The fourth-order valence-corrected chi connectivity index (χ4v) is 1.94. The van der Waals surface area contributed by atoms with Crippen LogP contribution in [0.25, 0.3) is 11.3 Å². The molecule has 0 saturated carbocycles. The van der Waals surface area contributed by atoms with E-state index in [0.29, 0.717) is 5.56 Å². The highest BCUT2D eigenvalue weighted by Gasteiger charge is 2.33. The van der Waals surface area contributed by atoms with Crippen molar-refractivity contribution in [1.82, 2.24) is 15.0 Å². The summed E-state index contributed by atoms with van der Waals surface area (Å²) >= 11 is 0. The second-order valence-corrected chi connectivity index (χ2v) is 5.88. The number of hydrogen-bond donors (Lipinski definition) is 1. The summed E-state index contributed by atoms with van der Waals surface area (Å²) in [7, 11) is 1.96. The molecule has 2 aromatic rings. The van der Waals surface area contributed by atoms with Gasteiger partial charge in [0.05, 0.1) is 11.3 Å². The Morgan fingerprint density at radius 2 is 1.68 bits per heavy atom.